The lowest BCUT2D eigenvalue weighted by atomic mass is 10.0. The first kappa shape index (κ1) is 17.9. The topological polar surface area (TPSA) is 48.0 Å². The smallest absolute Gasteiger partial charge is 0.326 e. The highest BCUT2D eigenvalue weighted by Gasteiger charge is 2.26. The molecule has 148 valence electrons. The summed E-state index contributed by atoms with van der Waals surface area (Å²) >= 11 is 0. The molecule has 1 saturated heterocycles. The van der Waals surface area contributed by atoms with Crippen molar-refractivity contribution < 1.29 is 0 Å². The molecule has 5 rings (SSSR count). The molecule has 1 fully saturated rings. The fourth-order valence-electron chi connectivity index (χ4n) is 4.52. The van der Waals surface area contributed by atoms with Gasteiger partial charge in [0, 0.05) is 37.8 Å². The monoisotopic (exact) mass is 387 g/mol. The number of aryl methyl sites for hydroxylation is 2. The van der Waals surface area contributed by atoms with Crippen molar-refractivity contribution in [2.45, 2.75) is 12.5 Å². The molecule has 1 aliphatic heterocycles. The number of aromatic nitrogens is 4. The largest absolute Gasteiger partial charge is 0.328 e. The van der Waals surface area contributed by atoms with Gasteiger partial charge in [-0.1, -0.05) is 36.4 Å². The zero-order chi connectivity index (χ0) is 20.1. The van der Waals surface area contributed by atoms with Gasteiger partial charge in [-0.15, -0.1) is 0 Å². The molecule has 1 aliphatic rings. The fourth-order valence-corrected chi connectivity index (χ4v) is 4.52. The Bertz CT molecular complexity index is 1250. The molecule has 6 nitrogen and oxygen atoms in total. The molecular formula is C23H25N5O. The molecule has 3 heterocycles. The number of rotatable bonds is 3. The molecule has 29 heavy (non-hydrogen) atoms. The Morgan fingerprint density at radius 2 is 1.69 bits per heavy atom. The van der Waals surface area contributed by atoms with Crippen molar-refractivity contribution in [1.82, 2.24) is 23.6 Å². The maximum absolute atomic E-state index is 12.4. The minimum atomic E-state index is -0.00800. The van der Waals surface area contributed by atoms with Crippen molar-refractivity contribution in [3.63, 3.8) is 0 Å². The molecule has 0 bridgehead atoms. The Morgan fingerprint density at radius 3 is 2.41 bits per heavy atom. The highest BCUT2D eigenvalue weighted by atomic mass is 16.1. The summed E-state index contributed by atoms with van der Waals surface area (Å²) in [6.07, 6.45) is 3.09. The first-order chi connectivity index (χ1) is 14.0. The molecule has 0 N–H and O–H groups in total. The van der Waals surface area contributed by atoms with Gasteiger partial charge in [0.1, 0.15) is 0 Å². The molecule has 0 amide bonds. The molecule has 0 saturated carbocycles. The van der Waals surface area contributed by atoms with Crippen LogP contribution in [0.1, 0.15) is 12.5 Å². The minimum absolute atomic E-state index is 0.00800. The lowest BCUT2D eigenvalue weighted by Crippen LogP contribution is -2.19. The number of likely N-dealkylation sites (N-methyl/N-ethyl adjacent to an activating group) is 1. The van der Waals surface area contributed by atoms with Gasteiger partial charge in [0.15, 0.2) is 0 Å². The second-order valence-electron chi connectivity index (χ2n) is 8.02. The van der Waals surface area contributed by atoms with Gasteiger partial charge in [0.25, 0.3) is 0 Å². The lowest BCUT2D eigenvalue weighted by Gasteiger charge is -2.17. The van der Waals surface area contributed by atoms with Gasteiger partial charge in [-0.3, -0.25) is 9.13 Å². The van der Waals surface area contributed by atoms with Crippen LogP contribution in [0.4, 0.5) is 0 Å². The lowest BCUT2D eigenvalue weighted by molar-refractivity contribution is 0.393. The van der Waals surface area contributed by atoms with E-state index in [9.17, 15) is 4.79 Å². The van der Waals surface area contributed by atoms with Gasteiger partial charge in [-0.05, 0) is 32.1 Å². The van der Waals surface area contributed by atoms with Crippen LogP contribution in [0.5, 0.6) is 0 Å². The summed E-state index contributed by atoms with van der Waals surface area (Å²) in [5.41, 5.74) is 6.17. The second-order valence-corrected chi connectivity index (χ2v) is 8.02. The number of imidazole rings is 2. The first-order valence-electron chi connectivity index (χ1n) is 10.0. The van der Waals surface area contributed by atoms with Crippen LogP contribution in [-0.2, 0) is 14.1 Å². The third kappa shape index (κ3) is 2.83. The standard InChI is InChI=1S/C23H25N5O/c1-25-12-11-18(14-25)28-15-24-21(16-7-5-4-6-8-16)22(28)17-9-10-19-20(13-17)27(3)23(29)26(19)2/h4-10,13,15,18H,11-12,14H2,1-3H3. The summed E-state index contributed by atoms with van der Waals surface area (Å²) in [6, 6.07) is 17.0. The van der Waals surface area contributed by atoms with Gasteiger partial charge in [-0.2, -0.15) is 0 Å². The third-order valence-corrected chi connectivity index (χ3v) is 6.15. The van der Waals surface area contributed by atoms with E-state index in [1.54, 1.807) is 9.13 Å². The van der Waals surface area contributed by atoms with Gasteiger partial charge in [0.05, 0.1) is 28.7 Å². The van der Waals surface area contributed by atoms with Crippen molar-refractivity contribution in [3.05, 3.63) is 65.3 Å². The van der Waals surface area contributed by atoms with E-state index in [2.05, 4.69) is 40.8 Å². The number of fused-ring (bicyclic) bond motifs is 1. The minimum Gasteiger partial charge on any atom is -0.326 e. The Kier molecular flexibility index (Phi) is 4.17. The summed E-state index contributed by atoms with van der Waals surface area (Å²) in [4.78, 5) is 19.6. The van der Waals surface area contributed by atoms with Gasteiger partial charge >= 0.3 is 5.69 Å². The molecule has 0 spiro atoms. The summed E-state index contributed by atoms with van der Waals surface area (Å²) in [7, 11) is 5.81. The Morgan fingerprint density at radius 1 is 0.931 bits per heavy atom. The quantitative estimate of drug-likeness (QED) is 0.542. The van der Waals surface area contributed by atoms with Crippen molar-refractivity contribution >= 4 is 11.0 Å². The Labute approximate surface area is 169 Å². The molecule has 2 aromatic heterocycles. The summed E-state index contributed by atoms with van der Waals surface area (Å²) < 4.78 is 5.74. The molecular weight excluding hydrogens is 362 g/mol. The van der Waals surface area contributed by atoms with E-state index in [0.717, 1.165) is 53.1 Å². The molecule has 6 heteroatoms. The summed E-state index contributed by atoms with van der Waals surface area (Å²) in [5.74, 6) is 0. The molecule has 0 aliphatic carbocycles. The van der Waals surface area contributed by atoms with Gasteiger partial charge in [0.2, 0.25) is 0 Å². The van der Waals surface area contributed by atoms with Crippen LogP contribution in [0, 0.1) is 0 Å². The maximum atomic E-state index is 12.4. The van der Waals surface area contributed by atoms with Crippen LogP contribution in [0.15, 0.2) is 59.7 Å². The Balaban J connectivity index is 1.74. The fraction of sp³-hybridized carbons (Fsp3) is 0.304. The van der Waals surface area contributed by atoms with E-state index in [1.165, 1.54) is 0 Å². The van der Waals surface area contributed by atoms with E-state index in [1.807, 2.05) is 44.7 Å². The van der Waals surface area contributed by atoms with Crippen molar-refractivity contribution in [2.75, 3.05) is 20.1 Å². The first-order valence-corrected chi connectivity index (χ1v) is 10.0. The summed E-state index contributed by atoms with van der Waals surface area (Å²) in [6.45, 7) is 2.11. The van der Waals surface area contributed by atoms with E-state index in [-0.39, 0.29) is 5.69 Å². The summed E-state index contributed by atoms with van der Waals surface area (Å²) in [5, 5.41) is 0. The predicted molar refractivity (Wildman–Crippen MR) is 116 cm³/mol. The normalized spacial score (nSPS) is 17.4. The number of hydrogen-bond acceptors (Lipinski definition) is 3. The zero-order valence-corrected chi connectivity index (χ0v) is 17.0. The third-order valence-electron chi connectivity index (χ3n) is 6.15. The van der Waals surface area contributed by atoms with Crippen molar-refractivity contribution in [2.24, 2.45) is 14.1 Å². The highest BCUT2D eigenvalue weighted by Crippen LogP contribution is 2.36. The number of benzene rings is 2. The van der Waals surface area contributed by atoms with Crippen LogP contribution >= 0.6 is 0 Å². The molecule has 4 aromatic rings. The number of likely N-dealkylation sites (tertiary alicyclic amines) is 1. The predicted octanol–water partition coefficient (Wildman–Crippen LogP) is 3.28. The van der Waals surface area contributed by atoms with E-state index in [0.29, 0.717) is 6.04 Å². The average Bonchev–Trinajstić information content (AvgIpc) is 3.43. The molecule has 1 unspecified atom stereocenters. The number of nitrogens with zero attached hydrogens (tertiary/aromatic N) is 5. The van der Waals surface area contributed by atoms with E-state index >= 15 is 0 Å². The van der Waals surface area contributed by atoms with Crippen molar-refractivity contribution in [1.29, 1.82) is 0 Å². The maximum Gasteiger partial charge on any atom is 0.328 e. The SMILES string of the molecule is CN1CCC(n2cnc(-c3ccccc3)c2-c2ccc3c(c2)n(C)c(=O)n3C)C1. The molecule has 2 aromatic carbocycles. The second kappa shape index (κ2) is 6.74. The van der Waals surface area contributed by atoms with Crippen LogP contribution in [-0.4, -0.2) is 43.7 Å². The van der Waals surface area contributed by atoms with Crippen molar-refractivity contribution in [3.8, 4) is 22.5 Å². The molecule has 1 atom stereocenters. The van der Waals surface area contributed by atoms with Crippen LogP contribution in [0.2, 0.25) is 0 Å². The highest BCUT2D eigenvalue weighted by molar-refractivity contribution is 5.86. The molecule has 0 radical (unpaired) electrons. The van der Waals surface area contributed by atoms with Crippen LogP contribution in [0.3, 0.4) is 0 Å². The Hall–Kier alpha value is -3.12. The van der Waals surface area contributed by atoms with Gasteiger partial charge in [-0.25, -0.2) is 9.78 Å². The zero-order valence-electron chi connectivity index (χ0n) is 17.0. The average molecular weight is 387 g/mol. The van der Waals surface area contributed by atoms with E-state index in [4.69, 9.17) is 4.98 Å². The van der Waals surface area contributed by atoms with Crippen LogP contribution < -0.4 is 5.69 Å². The van der Waals surface area contributed by atoms with E-state index < -0.39 is 0 Å². The number of hydrogen-bond donors (Lipinski definition) is 0. The van der Waals surface area contributed by atoms with Gasteiger partial charge < -0.3 is 9.47 Å². The van der Waals surface area contributed by atoms with Crippen LogP contribution in [0.25, 0.3) is 33.5 Å².